The van der Waals surface area contributed by atoms with E-state index < -0.39 is 23.3 Å². The maximum Gasteiger partial charge on any atom is 0.226 e. The smallest absolute Gasteiger partial charge is 0.226 e. The fourth-order valence-corrected chi connectivity index (χ4v) is 7.56. The van der Waals surface area contributed by atoms with Crippen molar-refractivity contribution in [2.45, 2.75) is 34.4 Å². The van der Waals surface area contributed by atoms with Gasteiger partial charge in [-0.05, 0) is 50.0 Å². The molecule has 0 atom stereocenters. The molecule has 2 aliphatic heterocycles. The molecule has 0 saturated carbocycles. The average Bonchev–Trinajstić information content (AvgIpc) is 4.12. The highest BCUT2D eigenvalue weighted by molar-refractivity contribution is 6.17. The van der Waals surface area contributed by atoms with Crippen LogP contribution in [0.3, 0.4) is 0 Å². The van der Waals surface area contributed by atoms with Gasteiger partial charge in [-0.2, -0.15) is 39.2 Å². The molecule has 23 heteroatoms. The molecule has 2 fully saturated rings. The van der Waals surface area contributed by atoms with Crippen LogP contribution in [0.5, 0.6) is 0 Å². The predicted octanol–water partition coefficient (Wildman–Crippen LogP) is 4.20. The molecule has 2 aromatic carbocycles. The highest BCUT2D eigenvalue weighted by Gasteiger charge is 2.21. The van der Waals surface area contributed by atoms with Crippen LogP contribution in [-0.4, -0.2) is 128 Å². The molecular weight excluding hydrogens is 880 g/mol. The summed E-state index contributed by atoms with van der Waals surface area (Å²) in [6.07, 6.45) is 3.40. The summed E-state index contributed by atoms with van der Waals surface area (Å²) in [6.45, 7) is 11.9. The number of halogens is 5. The Morgan fingerprint density at radius 2 is 1.08 bits per heavy atom. The molecule has 10 rings (SSSR count). The molecule has 18 nitrogen and oxygen atoms in total. The van der Waals surface area contributed by atoms with Crippen molar-refractivity contribution in [2.75, 3.05) is 86.0 Å². The van der Waals surface area contributed by atoms with E-state index in [2.05, 4.69) is 79.1 Å². The first kappa shape index (κ1) is 46.7. The molecule has 2 saturated heterocycles. The van der Waals surface area contributed by atoms with Crippen molar-refractivity contribution >= 4 is 68.2 Å². The summed E-state index contributed by atoms with van der Waals surface area (Å²) in [5.74, 6) is 9.66. The monoisotopic (exact) mass is 926 g/mol. The number of nitrogens with zero attached hydrogens (tertiary/aromatic N) is 15. The molecule has 5 N–H and O–H groups in total. The summed E-state index contributed by atoms with van der Waals surface area (Å²) in [4.78, 5) is 23.9. The van der Waals surface area contributed by atoms with E-state index in [9.17, 15) is 17.6 Å². The predicted molar refractivity (Wildman–Crippen MR) is 246 cm³/mol. The van der Waals surface area contributed by atoms with Crippen molar-refractivity contribution < 1.29 is 17.6 Å². The third-order valence-corrected chi connectivity index (χ3v) is 10.8. The Hall–Kier alpha value is -7.27. The molecule has 0 amide bonds. The minimum Gasteiger partial charge on any atom is -0.369 e. The third kappa shape index (κ3) is 10.0. The molecule has 66 heavy (non-hydrogen) atoms. The molecule has 8 heterocycles. The Morgan fingerprint density at radius 3 is 1.53 bits per heavy atom. The number of nitrogen functional groups attached to an aromatic ring is 2. The SMILES string of the molecule is C.CC#Cc1nc2c3cnn(CCCl)c3nc(N)n2n1.CC#Cc1nc2c3cnn(CCN4CCN(c5ccc(F)c(F)c5)CC4)c3nc(N)n2n1.Fc1ccc(N2CCNCC2)cc1F. The molecule has 0 bridgehead atoms. The Morgan fingerprint density at radius 1 is 0.606 bits per heavy atom. The Kier molecular flexibility index (Phi) is 14.7. The first-order valence-electron chi connectivity index (χ1n) is 20.5. The van der Waals surface area contributed by atoms with Gasteiger partial charge in [0.05, 0.1) is 36.3 Å². The van der Waals surface area contributed by atoms with Crippen LogP contribution in [0.4, 0.5) is 40.8 Å². The van der Waals surface area contributed by atoms with E-state index in [1.807, 2.05) is 9.58 Å². The van der Waals surface area contributed by atoms with Crippen molar-refractivity contribution in [3.8, 4) is 23.7 Å². The number of fused-ring (bicyclic) bond motifs is 6. The zero-order valence-corrected chi connectivity index (χ0v) is 36.1. The van der Waals surface area contributed by atoms with Crippen LogP contribution < -0.4 is 26.6 Å². The van der Waals surface area contributed by atoms with E-state index in [-0.39, 0.29) is 19.3 Å². The number of nitrogens with two attached hydrogens (primary N) is 2. The summed E-state index contributed by atoms with van der Waals surface area (Å²) >= 11 is 5.73. The molecule has 8 aromatic rings. The van der Waals surface area contributed by atoms with Crippen molar-refractivity contribution in [1.29, 1.82) is 0 Å². The van der Waals surface area contributed by atoms with Gasteiger partial charge in [-0.3, -0.25) is 4.90 Å². The third-order valence-electron chi connectivity index (χ3n) is 10.6. The van der Waals surface area contributed by atoms with Crippen LogP contribution in [0.1, 0.15) is 32.9 Å². The summed E-state index contributed by atoms with van der Waals surface area (Å²) in [5, 5.41) is 21.9. The summed E-state index contributed by atoms with van der Waals surface area (Å²) in [5.41, 5.74) is 15.9. The first-order chi connectivity index (χ1) is 31.5. The van der Waals surface area contributed by atoms with Crippen molar-refractivity contribution in [1.82, 2.24) is 68.9 Å². The topological polar surface area (TPSA) is 196 Å². The minimum atomic E-state index is -0.828. The standard InChI is InChI=1S/C21H21F2N9.C11H10ClN7.C10H12F2N2.CH4/c1-2-3-18-26-20-15-13-25-31(19(15)27-21(24)32(20)28-18)11-8-29-6-9-30(10-7-29)14-4-5-16(22)17(23)12-14;1-2-3-8-15-10-7-6-14-18(5-4-12)9(7)16-11(13)19(10)17-8;11-9-2-1-8(7-10(9)12)14-5-3-13-4-6-14;/h4-5,12-13H,6-11H2,1H3,(H2,24,27);6H,4-5H2,1H3,(H2,13,16);1-2,7,13H,3-6H2;1H4. The van der Waals surface area contributed by atoms with E-state index >= 15 is 0 Å². The van der Waals surface area contributed by atoms with Gasteiger partial charge >= 0.3 is 0 Å². The largest absolute Gasteiger partial charge is 0.369 e. The number of nitrogens with one attached hydrogen (secondary N) is 1. The van der Waals surface area contributed by atoms with Gasteiger partial charge in [-0.25, -0.2) is 26.9 Å². The second-order valence-corrected chi connectivity index (χ2v) is 15.1. The van der Waals surface area contributed by atoms with Crippen molar-refractivity contribution in [2.24, 2.45) is 0 Å². The number of hydrogen-bond donors (Lipinski definition) is 3. The molecule has 2 aliphatic rings. The molecule has 6 aromatic heterocycles. The number of aromatic nitrogens is 12. The number of hydrogen-bond acceptors (Lipinski definition) is 14. The maximum atomic E-state index is 13.5. The maximum absolute atomic E-state index is 13.5. The number of anilines is 4. The summed E-state index contributed by atoms with van der Waals surface area (Å²) < 4.78 is 58.7. The number of aryl methyl sites for hydroxylation is 1. The molecule has 0 aliphatic carbocycles. The highest BCUT2D eigenvalue weighted by Crippen LogP contribution is 2.23. The molecule has 0 radical (unpaired) electrons. The fourth-order valence-electron chi connectivity index (χ4n) is 7.40. The van der Waals surface area contributed by atoms with E-state index in [1.54, 1.807) is 43.1 Å². The van der Waals surface area contributed by atoms with Crippen LogP contribution in [0.2, 0.25) is 0 Å². The average molecular weight is 927 g/mol. The van der Waals surface area contributed by atoms with Crippen LogP contribution in [0.15, 0.2) is 48.8 Å². The van der Waals surface area contributed by atoms with E-state index in [1.165, 1.54) is 33.3 Å². The van der Waals surface area contributed by atoms with Gasteiger partial charge in [-0.1, -0.05) is 19.3 Å². The van der Waals surface area contributed by atoms with Crippen molar-refractivity contribution in [3.05, 3.63) is 83.7 Å². The Bertz CT molecular complexity index is 3110. The zero-order chi connectivity index (χ0) is 45.6. The molecule has 344 valence electrons. The lowest BCUT2D eigenvalue weighted by atomic mass is 10.2. The van der Waals surface area contributed by atoms with Gasteiger partial charge in [0.15, 0.2) is 45.9 Å². The number of benzene rings is 2. The second kappa shape index (κ2) is 20.7. The molecule has 0 unspecified atom stereocenters. The van der Waals surface area contributed by atoms with Gasteiger partial charge < -0.3 is 26.6 Å². The first-order valence-corrected chi connectivity index (χ1v) is 21.1. The molecule has 0 spiro atoms. The number of alkyl halides is 1. The summed E-state index contributed by atoms with van der Waals surface area (Å²) in [6, 6.07) is 8.07. The van der Waals surface area contributed by atoms with Gasteiger partial charge in [0.2, 0.25) is 23.5 Å². The van der Waals surface area contributed by atoms with Gasteiger partial charge in [0.25, 0.3) is 0 Å². The quantitative estimate of drug-likeness (QED) is 0.117. The zero-order valence-electron chi connectivity index (χ0n) is 35.4. The summed E-state index contributed by atoms with van der Waals surface area (Å²) in [7, 11) is 0. The lowest BCUT2D eigenvalue weighted by Crippen LogP contribution is -2.47. The second-order valence-electron chi connectivity index (χ2n) is 14.7. The fraction of sp³-hybridized carbons (Fsp3) is 0.349. The Labute approximate surface area is 381 Å². The van der Waals surface area contributed by atoms with Crippen LogP contribution in [0.25, 0.3) is 33.4 Å². The normalized spacial score (nSPS) is 13.9. The number of piperazine rings is 2. The van der Waals surface area contributed by atoms with Crippen LogP contribution in [-0.2, 0) is 13.1 Å². The van der Waals surface area contributed by atoms with Gasteiger partial charge in [0.1, 0.15) is 0 Å². The Balaban J connectivity index is 0.000000161. The van der Waals surface area contributed by atoms with E-state index in [0.717, 1.165) is 75.4 Å². The van der Waals surface area contributed by atoms with Crippen LogP contribution in [0, 0.1) is 47.0 Å². The van der Waals surface area contributed by atoms with Gasteiger partial charge in [-0.15, -0.1) is 21.8 Å². The number of rotatable bonds is 7. The van der Waals surface area contributed by atoms with E-state index in [0.29, 0.717) is 58.9 Å². The molecular formula is C43H47ClF4N18. The lowest BCUT2D eigenvalue weighted by molar-refractivity contribution is 0.245. The van der Waals surface area contributed by atoms with Crippen LogP contribution >= 0.6 is 11.6 Å². The van der Waals surface area contributed by atoms with E-state index in [4.69, 9.17) is 23.1 Å². The highest BCUT2D eigenvalue weighted by atomic mass is 35.5. The van der Waals surface area contributed by atoms with Gasteiger partial charge in [0, 0.05) is 88.3 Å². The van der Waals surface area contributed by atoms with Crippen molar-refractivity contribution in [3.63, 3.8) is 0 Å². The minimum absolute atomic E-state index is 0. The lowest BCUT2D eigenvalue weighted by Gasteiger charge is -2.36.